The lowest BCUT2D eigenvalue weighted by atomic mass is 9.87. The molecule has 7 atom stereocenters. The van der Waals surface area contributed by atoms with Gasteiger partial charge in [-0.3, -0.25) is 24.3 Å². The van der Waals surface area contributed by atoms with Crippen LogP contribution in [0.25, 0.3) is 0 Å². The normalized spacial score (nSPS) is 18.7. The van der Waals surface area contributed by atoms with Crippen LogP contribution in [0, 0.1) is 5.92 Å². The van der Waals surface area contributed by atoms with Gasteiger partial charge in [-0.2, -0.15) is 0 Å². The molecule has 0 radical (unpaired) electrons. The molecule has 59 heavy (non-hydrogen) atoms. The first kappa shape index (κ1) is 41.7. The molecule has 7 unspecified atom stereocenters. The van der Waals surface area contributed by atoms with Gasteiger partial charge in [0.25, 0.3) is 0 Å². The molecule has 2 amide bonds. The second-order valence-electron chi connectivity index (χ2n) is 15.7. The largest absolute Gasteiger partial charge is 0.386 e. The number of carbonyl (C=O) groups excluding carboxylic acids is 2. The lowest BCUT2D eigenvalue weighted by molar-refractivity contribution is -0.139. The van der Waals surface area contributed by atoms with Gasteiger partial charge in [0.05, 0.1) is 36.4 Å². The molecular weight excluding hydrogens is 735 g/mol. The summed E-state index contributed by atoms with van der Waals surface area (Å²) < 4.78 is 0. The summed E-state index contributed by atoms with van der Waals surface area (Å²) in [5, 5.41) is 37.7. The number of amides is 2. The molecule has 0 aromatic heterocycles. The van der Waals surface area contributed by atoms with Gasteiger partial charge >= 0.3 is 0 Å². The molecule has 5 aromatic rings. The molecule has 1 aliphatic heterocycles. The van der Waals surface area contributed by atoms with Crippen LogP contribution in [-0.4, -0.2) is 74.1 Å². The maximum atomic E-state index is 13.3. The van der Waals surface area contributed by atoms with Crippen LogP contribution < -0.4 is 0 Å². The summed E-state index contributed by atoms with van der Waals surface area (Å²) in [6.07, 6.45) is 5.17. The maximum Gasteiger partial charge on any atom is 0.232 e. The van der Waals surface area contributed by atoms with Crippen molar-refractivity contribution >= 4 is 11.8 Å². The van der Waals surface area contributed by atoms with E-state index >= 15 is 0 Å². The zero-order chi connectivity index (χ0) is 41.1. The van der Waals surface area contributed by atoms with Crippen molar-refractivity contribution < 1.29 is 24.9 Å². The minimum Gasteiger partial charge on any atom is -0.386 e. The van der Waals surface area contributed by atoms with Crippen molar-refractivity contribution in [3.8, 4) is 0 Å². The maximum absolute atomic E-state index is 13.3. The standard InChI is InChI=1S/C51H55N3O5/c1-37-36-44(55)53(51(37)59)34-32-52(45(38-20-8-2-9-21-38)48(56)41-26-14-5-15-27-41)33-35-54(46(39-22-10-3-11-23-39)49(57)42-28-16-6-17-29-42)47(40-24-12-4-13-25-40)50(58)43-30-18-7-19-31-43/h2-6,8-18,20-31,37,45-50,56-58H,7,19,32-36H2,1H3. The Morgan fingerprint density at radius 1 is 0.559 bits per heavy atom. The number of carbonyl (C=O) groups is 2. The van der Waals surface area contributed by atoms with Crippen LogP contribution in [0.2, 0.25) is 0 Å². The van der Waals surface area contributed by atoms with E-state index in [9.17, 15) is 24.9 Å². The molecule has 3 N–H and O–H groups in total. The summed E-state index contributed by atoms with van der Waals surface area (Å²) in [7, 11) is 0. The van der Waals surface area contributed by atoms with Crippen LogP contribution in [0.3, 0.4) is 0 Å². The van der Waals surface area contributed by atoms with E-state index in [1.165, 1.54) is 4.90 Å². The summed E-state index contributed by atoms with van der Waals surface area (Å²) in [4.78, 5) is 32.2. The van der Waals surface area contributed by atoms with Crippen molar-refractivity contribution in [2.24, 2.45) is 5.92 Å². The number of benzene rings is 5. The predicted molar refractivity (Wildman–Crippen MR) is 232 cm³/mol. The van der Waals surface area contributed by atoms with E-state index in [2.05, 4.69) is 22.0 Å². The second-order valence-corrected chi connectivity index (χ2v) is 15.7. The highest BCUT2D eigenvalue weighted by atomic mass is 16.3. The van der Waals surface area contributed by atoms with Crippen LogP contribution in [0.15, 0.2) is 175 Å². The lowest BCUT2D eigenvalue weighted by Crippen LogP contribution is -2.48. The molecule has 5 aromatic carbocycles. The van der Waals surface area contributed by atoms with Crippen LogP contribution in [0.4, 0.5) is 0 Å². The fourth-order valence-electron chi connectivity index (χ4n) is 8.75. The number of likely N-dealkylation sites (tertiary alicyclic amines) is 1. The van der Waals surface area contributed by atoms with Gasteiger partial charge in [-0.15, -0.1) is 0 Å². The predicted octanol–water partition coefficient (Wildman–Crippen LogP) is 8.31. The van der Waals surface area contributed by atoms with Gasteiger partial charge in [-0.25, -0.2) is 0 Å². The monoisotopic (exact) mass is 789 g/mol. The number of aliphatic hydroxyl groups is 3. The number of imide groups is 1. The number of nitrogens with zero attached hydrogens (tertiary/aromatic N) is 3. The molecule has 0 bridgehead atoms. The van der Waals surface area contributed by atoms with Crippen LogP contribution in [-0.2, 0) is 9.59 Å². The van der Waals surface area contributed by atoms with Gasteiger partial charge in [0.2, 0.25) is 11.8 Å². The second kappa shape index (κ2) is 20.0. The molecule has 1 saturated heterocycles. The van der Waals surface area contributed by atoms with Gasteiger partial charge in [-0.05, 0) is 46.2 Å². The molecule has 0 saturated carbocycles. The van der Waals surface area contributed by atoms with Crippen molar-refractivity contribution in [2.75, 3.05) is 26.2 Å². The van der Waals surface area contributed by atoms with E-state index in [1.54, 1.807) is 6.92 Å². The Balaban J connectivity index is 1.37. The highest BCUT2D eigenvalue weighted by Crippen LogP contribution is 2.43. The van der Waals surface area contributed by atoms with E-state index < -0.39 is 36.4 Å². The van der Waals surface area contributed by atoms with E-state index in [4.69, 9.17) is 0 Å². The quantitative estimate of drug-likeness (QED) is 0.0768. The molecule has 8 heteroatoms. The van der Waals surface area contributed by atoms with Gasteiger partial charge in [-0.1, -0.05) is 177 Å². The Morgan fingerprint density at radius 2 is 1.00 bits per heavy atom. The lowest BCUT2D eigenvalue weighted by Gasteiger charge is -2.45. The zero-order valence-corrected chi connectivity index (χ0v) is 33.7. The third kappa shape index (κ3) is 9.87. The Kier molecular flexibility index (Phi) is 14.1. The van der Waals surface area contributed by atoms with E-state index in [-0.39, 0.29) is 37.2 Å². The summed E-state index contributed by atoms with van der Waals surface area (Å²) in [5.41, 5.74) is 4.93. The molecule has 304 valence electrons. The highest BCUT2D eigenvalue weighted by Gasteiger charge is 2.41. The fourth-order valence-corrected chi connectivity index (χ4v) is 8.75. The van der Waals surface area contributed by atoms with Gasteiger partial charge in [0, 0.05) is 38.5 Å². The number of aliphatic hydroxyl groups excluding tert-OH is 3. The van der Waals surface area contributed by atoms with E-state index in [0.717, 1.165) is 46.2 Å². The molecule has 8 nitrogen and oxygen atoms in total. The molecule has 2 aliphatic rings. The third-order valence-corrected chi connectivity index (χ3v) is 11.8. The Bertz CT molecular complexity index is 2150. The molecule has 7 rings (SSSR count). The van der Waals surface area contributed by atoms with Crippen molar-refractivity contribution in [3.05, 3.63) is 203 Å². The van der Waals surface area contributed by atoms with Gasteiger partial charge in [0.15, 0.2) is 0 Å². The first-order valence-corrected chi connectivity index (χ1v) is 20.8. The zero-order valence-electron chi connectivity index (χ0n) is 33.7. The summed E-state index contributed by atoms with van der Waals surface area (Å²) in [6.45, 7) is 2.88. The topological polar surface area (TPSA) is 105 Å². The Labute approximate surface area is 348 Å². The summed E-state index contributed by atoms with van der Waals surface area (Å²) >= 11 is 0. The molecular formula is C51H55N3O5. The molecule has 1 aliphatic carbocycles. The van der Waals surface area contributed by atoms with Crippen LogP contribution in [0.1, 0.15) is 84.3 Å². The number of rotatable bonds is 18. The minimum absolute atomic E-state index is 0.157. The van der Waals surface area contributed by atoms with E-state index in [0.29, 0.717) is 13.1 Å². The highest BCUT2D eigenvalue weighted by molar-refractivity contribution is 6.03. The summed E-state index contributed by atoms with van der Waals surface area (Å²) in [6, 6.07) is 47.1. The summed E-state index contributed by atoms with van der Waals surface area (Å²) in [5.74, 6) is -0.763. The van der Waals surface area contributed by atoms with Crippen molar-refractivity contribution in [1.82, 2.24) is 14.7 Å². The molecule has 0 spiro atoms. The van der Waals surface area contributed by atoms with E-state index in [1.807, 2.05) is 158 Å². The third-order valence-electron chi connectivity index (χ3n) is 11.8. The number of allylic oxidation sites excluding steroid dienone is 2. The average Bonchev–Trinajstić information content (AvgIpc) is 3.54. The smallest absolute Gasteiger partial charge is 0.232 e. The van der Waals surface area contributed by atoms with Gasteiger partial charge < -0.3 is 15.3 Å². The molecule has 1 fully saturated rings. The Morgan fingerprint density at radius 3 is 1.44 bits per heavy atom. The number of hydrogen-bond donors (Lipinski definition) is 3. The minimum atomic E-state index is -0.998. The van der Waals surface area contributed by atoms with Crippen molar-refractivity contribution in [3.63, 3.8) is 0 Å². The Hall–Kier alpha value is -5.48. The first-order chi connectivity index (χ1) is 28.8. The van der Waals surface area contributed by atoms with Crippen LogP contribution >= 0.6 is 0 Å². The van der Waals surface area contributed by atoms with Crippen molar-refractivity contribution in [2.45, 2.75) is 62.6 Å². The average molecular weight is 790 g/mol. The fraction of sp³-hybridized carbons (Fsp3) is 0.294. The number of hydrogen-bond acceptors (Lipinski definition) is 7. The van der Waals surface area contributed by atoms with Crippen molar-refractivity contribution in [1.29, 1.82) is 0 Å². The van der Waals surface area contributed by atoms with Gasteiger partial charge in [0.1, 0.15) is 0 Å². The first-order valence-electron chi connectivity index (χ1n) is 20.8. The molecule has 1 heterocycles. The SMILES string of the molecule is CC1CC(=O)N(CCN(CCN(C(c2ccccc2)C(O)C2=CCCC=C2)C(c2ccccc2)C(O)c2ccccc2)C(c2ccccc2)C(O)c2ccccc2)C1=O. The van der Waals surface area contributed by atoms with Crippen LogP contribution in [0.5, 0.6) is 0 Å².